The van der Waals surface area contributed by atoms with Crippen molar-refractivity contribution in [2.24, 2.45) is 0 Å². The Morgan fingerprint density at radius 2 is 1.85 bits per heavy atom. The topological polar surface area (TPSA) is 78.5 Å². The van der Waals surface area contributed by atoms with Gasteiger partial charge in [-0.25, -0.2) is 26.7 Å². The van der Waals surface area contributed by atoms with Gasteiger partial charge in [-0.3, -0.25) is 0 Å². The summed E-state index contributed by atoms with van der Waals surface area (Å²) in [7, 11) is -3.27. The second-order valence-electron chi connectivity index (χ2n) is 6.95. The zero-order valence-corrected chi connectivity index (χ0v) is 16.5. The van der Waals surface area contributed by atoms with Crippen LogP contribution in [-0.4, -0.2) is 50.3 Å². The summed E-state index contributed by atoms with van der Waals surface area (Å²) in [4.78, 5) is 13.9. The molecule has 1 aromatic carbocycles. The average Bonchev–Trinajstić information content (AvgIpc) is 2.58. The second-order valence-corrected chi connectivity index (χ2v) is 8.83. The van der Waals surface area contributed by atoms with Crippen molar-refractivity contribution in [2.45, 2.75) is 51.6 Å². The molecule has 0 bridgehead atoms. The molecule has 1 fully saturated rings. The Morgan fingerprint density at radius 1 is 1.26 bits per heavy atom. The lowest BCUT2D eigenvalue weighted by molar-refractivity contribution is 0.177. The molecule has 0 aromatic heterocycles. The molecule has 1 aromatic rings. The highest BCUT2D eigenvalue weighted by molar-refractivity contribution is 7.89. The third kappa shape index (κ3) is 6.42. The van der Waals surface area contributed by atoms with E-state index in [1.165, 1.54) is 18.2 Å². The highest BCUT2D eigenvalue weighted by Gasteiger charge is 2.26. The fourth-order valence-corrected chi connectivity index (χ4v) is 4.57. The van der Waals surface area contributed by atoms with Gasteiger partial charge >= 0.3 is 6.03 Å². The van der Waals surface area contributed by atoms with E-state index in [1.807, 2.05) is 0 Å². The van der Waals surface area contributed by atoms with E-state index in [1.54, 1.807) is 18.7 Å². The number of nitrogens with one attached hydrogen (secondary N) is 2. The summed E-state index contributed by atoms with van der Waals surface area (Å²) in [6.45, 7) is 4.34. The summed E-state index contributed by atoms with van der Waals surface area (Å²) in [5, 5.41) is 2.75. The van der Waals surface area contributed by atoms with Crippen LogP contribution in [0.15, 0.2) is 18.2 Å². The maximum Gasteiger partial charge on any atom is 0.317 e. The Morgan fingerprint density at radius 3 is 2.41 bits per heavy atom. The molecule has 152 valence electrons. The van der Waals surface area contributed by atoms with Crippen molar-refractivity contribution < 1.29 is 22.0 Å². The van der Waals surface area contributed by atoms with E-state index in [4.69, 9.17) is 0 Å². The first kappa shape index (κ1) is 21.6. The van der Waals surface area contributed by atoms with Crippen LogP contribution in [-0.2, 0) is 16.4 Å². The normalized spacial score (nSPS) is 17.0. The SMILES string of the molecule is CCCS(=O)(=O)NC1CCN(C(=O)NC(C)Cc2c(F)cccc2F)CC1. The third-order valence-corrected chi connectivity index (χ3v) is 6.18. The van der Waals surface area contributed by atoms with E-state index >= 15 is 0 Å². The van der Waals surface area contributed by atoms with Crippen LogP contribution in [0.25, 0.3) is 0 Å². The number of halogens is 2. The molecule has 1 aliphatic rings. The van der Waals surface area contributed by atoms with Gasteiger partial charge in [0.1, 0.15) is 11.6 Å². The lowest BCUT2D eigenvalue weighted by Crippen LogP contribution is -2.51. The quantitative estimate of drug-likeness (QED) is 0.734. The van der Waals surface area contributed by atoms with Gasteiger partial charge in [0.2, 0.25) is 10.0 Å². The van der Waals surface area contributed by atoms with Crippen molar-refractivity contribution >= 4 is 16.1 Å². The van der Waals surface area contributed by atoms with Crippen molar-refractivity contribution in [3.8, 4) is 0 Å². The Balaban J connectivity index is 1.82. The van der Waals surface area contributed by atoms with E-state index in [0.717, 1.165) is 0 Å². The summed E-state index contributed by atoms with van der Waals surface area (Å²) >= 11 is 0. The van der Waals surface area contributed by atoms with Crippen LogP contribution in [0.5, 0.6) is 0 Å². The molecule has 9 heteroatoms. The molecular formula is C18H27F2N3O3S. The van der Waals surface area contributed by atoms with E-state index in [-0.39, 0.29) is 29.8 Å². The molecule has 0 spiro atoms. The zero-order valence-electron chi connectivity index (χ0n) is 15.7. The molecule has 0 radical (unpaired) electrons. The first-order chi connectivity index (χ1) is 12.7. The second kappa shape index (κ2) is 9.45. The molecule has 1 aliphatic heterocycles. The highest BCUT2D eigenvalue weighted by Crippen LogP contribution is 2.15. The molecule has 2 N–H and O–H groups in total. The molecule has 2 rings (SSSR count). The fraction of sp³-hybridized carbons (Fsp3) is 0.611. The lowest BCUT2D eigenvalue weighted by Gasteiger charge is -2.33. The Kier molecular flexibility index (Phi) is 7.55. The van der Waals surface area contributed by atoms with Crippen LogP contribution in [0, 0.1) is 11.6 Å². The van der Waals surface area contributed by atoms with Gasteiger partial charge in [-0.1, -0.05) is 13.0 Å². The Hall–Kier alpha value is -1.74. The molecule has 27 heavy (non-hydrogen) atoms. The van der Waals surface area contributed by atoms with Gasteiger partial charge in [0.05, 0.1) is 5.75 Å². The van der Waals surface area contributed by atoms with Crippen LogP contribution in [0.4, 0.5) is 13.6 Å². The number of piperidine rings is 1. The molecule has 1 saturated heterocycles. The van der Waals surface area contributed by atoms with Crippen LogP contribution in [0.1, 0.15) is 38.7 Å². The Bertz CT molecular complexity index is 730. The number of nitrogens with zero attached hydrogens (tertiary/aromatic N) is 1. The van der Waals surface area contributed by atoms with E-state index in [9.17, 15) is 22.0 Å². The number of rotatable bonds is 7. The average molecular weight is 403 g/mol. The van der Waals surface area contributed by atoms with Gasteiger partial charge in [-0.05, 0) is 44.7 Å². The van der Waals surface area contributed by atoms with Gasteiger partial charge in [-0.15, -0.1) is 0 Å². The van der Waals surface area contributed by atoms with E-state index in [0.29, 0.717) is 32.4 Å². The number of benzene rings is 1. The molecule has 0 saturated carbocycles. The summed E-state index contributed by atoms with van der Waals surface area (Å²) in [6, 6.07) is 2.76. The van der Waals surface area contributed by atoms with Crippen molar-refractivity contribution in [1.29, 1.82) is 0 Å². The number of hydrogen-bond acceptors (Lipinski definition) is 3. The van der Waals surface area contributed by atoms with Gasteiger partial charge in [-0.2, -0.15) is 0 Å². The van der Waals surface area contributed by atoms with Gasteiger partial charge in [0.15, 0.2) is 0 Å². The monoisotopic (exact) mass is 403 g/mol. The number of hydrogen-bond donors (Lipinski definition) is 2. The van der Waals surface area contributed by atoms with Gasteiger partial charge < -0.3 is 10.2 Å². The molecule has 6 nitrogen and oxygen atoms in total. The molecule has 1 unspecified atom stereocenters. The molecule has 0 aliphatic carbocycles. The van der Waals surface area contributed by atoms with Crippen LogP contribution < -0.4 is 10.0 Å². The summed E-state index contributed by atoms with van der Waals surface area (Å²) in [6.07, 6.45) is 1.67. The van der Waals surface area contributed by atoms with Gasteiger partial charge in [0, 0.05) is 30.7 Å². The standard InChI is InChI=1S/C18H27F2N3O3S/c1-3-11-27(25,26)22-14-7-9-23(10-8-14)18(24)21-13(2)12-15-16(19)5-4-6-17(15)20/h4-6,13-14,22H,3,7-12H2,1-2H3,(H,21,24). The summed E-state index contributed by atoms with van der Waals surface area (Å²) in [5.41, 5.74) is -0.0469. The predicted octanol–water partition coefficient (Wildman–Crippen LogP) is 2.40. The lowest BCUT2D eigenvalue weighted by atomic mass is 10.1. The van der Waals surface area contributed by atoms with Crippen LogP contribution in [0.2, 0.25) is 0 Å². The molecule has 1 atom stereocenters. The minimum atomic E-state index is -3.27. The smallest absolute Gasteiger partial charge is 0.317 e. The maximum atomic E-state index is 13.7. The van der Waals surface area contributed by atoms with Crippen LogP contribution >= 0.6 is 0 Å². The number of carbonyl (C=O) groups is 1. The summed E-state index contributed by atoms with van der Waals surface area (Å²) in [5.74, 6) is -1.16. The van der Waals surface area contributed by atoms with Crippen molar-refractivity contribution in [3.63, 3.8) is 0 Å². The molecule has 1 heterocycles. The molecule has 2 amide bonds. The van der Waals surface area contributed by atoms with Crippen molar-refractivity contribution in [3.05, 3.63) is 35.4 Å². The van der Waals surface area contributed by atoms with Crippen molar-refractivity contribution in [2.75, 3.05) is 18.8 Å². The largest absolute Gasteiger partial charge is 0.335 e. The Labute approximate surface area is 159 Å². The minimum absolute atomic E-state index is 0.0469. The highest BCUT2D eigenvalue weighted by atomic mass is 32.2. The molecular weight excluding hydrogens is 376 g/mol. The zero-order chi connectivity index (χ0) is 20.0. The minimum Gasteiger partial charge on any atom is -0.335 e. The van der Waals surface area contributed by atoms with Gasteiger partial charge in [0.25, 0.3) is 0 Å². The van der Waals surface area contributed by atoms with E-state index < -0.39 is 27.7 Å². The summed E-state index contributed by atoms with van der Waals surface area (Å²) < 4.78 is 53.8. The predicted molar refractivity (Wildman–Crippen MR) is 99.9 cm³/mol. The fourth-order valence-electron chi connectivity index (χ4n) is 3.17. The number of sulfonamides is 1. The number of urea groups is 1. The first-order valence-electron chi connectivity index (χ1n) is 9.20. The maximum absolute atomic E-state index is 13.7. The third-order valence-electron chi connectivity index (χ3n) is 4.54. The number of carbonyl (C=O) groups excluding carboxylic acids is 1. The first-order valence-corrected chi connectivity index (χ1v) is 10.9. The van der Waals surface area contributed by atoms with Crippen LogP contribution in [0.3, 0.4) is 0 Å². The van der Waals surface area contributed by atoms with E-state index in [2.05, 4.69) is 10.0 Å². The van der Waals surface area contributed by atoms with Crippen molar-refractivity contribution in [1.82, 2.24) is 14.9 Å². The number of likely N-dealkylation sites (tertiary alicyclic amines) is 1. The number of amides is 2.